The number of nitrogens with one attached hydrogen (secondary N) is 1. The molecule has 0 bridgehead atoms. The van der Waals surface area contributed by atoms with Gasteiger partial charge < -0.3 is 14.6 Å². The summed E-state index contributed by atoms with van der Waals surface area (Å²) in [7, 11) is 0. The summed E-state index contributed by atoms with van der Waals surface area (Å²) in [5.74, 6) is 0.0720. The lowest BCUT2D eigenvalue weighted by molar-refractivity contribution is -0.134. The minimum Gasteiger partial charge on any atom is -0.459 e. The molecule has 0 radical (unpaired) electrons. The molecule has 0 fully saturated rings. The molecule has 0 spiro atoms. The largest absolute Gasteiger partial charge is 0.459 e. The molecule has 1 aromatic carbocycles. The van der Waals surface area contributed by atoms with Crippen LogP contribution in [0.25, 0.3) is 0 Å². The number of fused-ring (bicyclic) bond motifs is 1. The van der Waals surface area contributed by atoms with Crippen LogP contribution in [0.3, 0.4) is 0 Å². The van der Waals surface area contributed by atoms with Crippen LogP contribution in [0.15, 0.2) is 47.1 Å². The van der Waals surface area contributed by atoms with Crippen LogP contribution in [0.1, 0.15) is 53.9 Å². The Morgan fingerprint density at radius 3 is 2.84 bits per heavy atom. The summed E-state index contributed by atoms with van der Waals surface area (Å²) in [5, 5.41) is 2.74. The van der Waals surface area contributed by atoms with Crippen LogP contribution < -0.4 is 5.32 Å². The van der Waals surface area contributed by atoms with E-state index in [2.05, 4.69) is 30.4 Å². The van der Waals surface area contributed by atoms with E-state index in [-0.39, 0.29) is 23.6 Å². The fraction of sp³-hybridized carbons (Fsp3) is 0.400. The van der Waals surface area contributed by atoms with Crippen molar-refractivity contribution < 1.29 is 14.0 Å². The van der Waals surface area contributed by atoms with Gasteiger partial charge in [-0.1, -0.05) is 37.6 Å². The Balaban J connectivity index is 1.60. The number of rotatable bonds is 6. The van der Waals surface area contributed by atoms with Gasteiger partial charge in [-0.3, -0.25) is 9.59 Å². The number of benzene rings is 1. The molecule has 3 rings (SSSR count). The third-order valence-electron chi connectivity index (χ3n) is 4.66. The van der Waals surface area contributed by atoms with Gasteiger partial charge in [-0.15, -0.1) is 0 Å². The molecule has 0 saturated heterocycles. The molecule has 2 amide bonds. The first kappa shape index (κ1) is 17.3. The van der Waals surface area contributed by atoms with Gasteiger partial charge in [0, 0.05) is 19.5 Å². The second-order valence-electron chi connectivity index (χ2n) is 6.32. The Morgan fingerprint density at radius 1 is 1.24 bits per heavy atom. The highest BCUT2D eigenvalue weighted by molar-refractivity contribution is 5.91. The SMILES string of the molecule is CCC[C@@H]1c2ccccc2CCN1C(=O)CCNC(=O)c1ccco1. The van der Waals surface area contributed by atoms with E-state index in [1.54, 1.807) is 12.1 Å². The number of furan rings is 1. The first-order valence-corrected chi connectivity index (χ1v) is 8.89. The Bertz CT molecular complexity index is 724. The predicted molar refractivity (Wildman–Crippen MR) is 95.2 cm³/mol. The minimum absolute atomic E-state index is 0.0905. The van der Waals surface area contributed by atoms with Gasteiger partial charge in [0.2, 0.25) is 5.91 Å². The molecule has 0 unspecified atom stereocenters. The normalized spacial score (nSPS) is 16.4. The number of carbonyl (C=O) groups excluding carboxylic acids is 2. The van der Waals surface area contributed by atoms with Crippen molar-refractivity contribution in [3.05, 3.63) is 59.5 Å². The maximum absolute atomic E-state index is 12.7. The van der Waals surface area contributed by atoms with Gasteiger partial charge in [0.05, 0.1) is 12.3 Å². The van der Waals surface area contributed by atoms with Crippen molar-refractivity contribution in [1.29, 1.82) is 0 Å². The van der Waals surface area contributed by atoms with E-state index < -0.39 is 0 Å². The summed E-state index contributed by atoms with van der Waals surface area (Å²) in [6, 6.07) is 11.8. The Labute approximate surface area is 148 Å². The lowest BCUT2D eigenvalue weighted by atomic mass is 9.90. The molecule has 1 N–H and O–H groups in total. The number of hydrogen-bond acceptors (Lipinski definition) is 3. The van der Waals surface area contributed by atoms with Crippen LogP contribution in [0, 0.1) is 0 Å². The lowest BCUT2D eigenvalue weighted by Gasteiger charge is -2.37. The molecular formula is C20H24N2O3. The molecule has 2 aromatic rings. The minimum atomic E-state index is -0.285. The summed E-state index contributed by atoms with van der Waals surface area (Å²) >= 11 is 0. The van der Waals surface area contributed by atoms with Crippen LogP contribution in [0.4, 0.5) is 0 Å². The van der Waals surface area contributed by atoms with E-state index in [0.29, 0.717) is 13.0 Å². The van der Waals surface area contributed by atoms with Gasteiger partial charge in [-0.05, 0) is 36.1 Å². The number of amides is 2. The first-order chi connectivity index (χ1) is 12.2. The summed E-state index contributed by atoms with van der Waals surface area (Å²) in [4.78, 5) is 26.6. The van der Waals surface area contributed by atoms with Crippen molar-refractivity contribution in [2.75, 3.05) is 13.1 Å². The summed E-state index contributed by atoms with van der Waals surface area (Å²) in [6.45, 7) is 3.20. The molecule has 0 aliphatic carbocycles. The zero-order chi connectivity index (χ0) is 17.6. The van der Waals surface area contributed by atoms with Gasteiger partial charge >= 0.3 is 0 Å². The van der Waals surface area contributed by atoms with E-state index in [4.69, 9.17) is 4.42 Å². The monoisotopic (exact) mass is 340 g/mol. The van der Waals surface area contributed by atoms with Crippen molar-refractivity contribution in [1.82, 2.24) is 10.2 Å². The molecule has 1 aliphatic rings. The van der Waals surface area contributed by atoms with Crippen molar-refractivity contribution in [3.8, 4) is 0 Å². The van der Waals surface area contributed by atoms with Gasteiger partial charge in [-0.2, -0.15) is 0 Å². The fourth-order valence-corrected chi connectivity index (χ4v) is 3.46. The van der Waals surface area contributed by atoms with Gasteiger partial charge in [0.1, 0.15) is 0 Å². The average molecular weight is 340 g/mol. The molecule has 132 valence electrons. The molecule has 2 heterocycles. The number of carbonyl (C=O) groups is 2. The lowest BCUT2D eigenvalue weighted by Crippen LogP contribution is -2.41. The molecule has 0 saturated carbocycles. The second kappa shape index (κ2) is 8.01. The average Bonchev–Trinajstić information content (AvgIpc) is 3.17. The van der Waals surface area contributed by atoms with Gasteiger partial charge in [-0.25, -0.2) is 0 Å². The van der Waals surface area contributed by atoms with E-state index >= 15 is 0 Å². The maximum Gasteiger partial charge on any atom is 0.286 e. The second-order valence-corrected chi connectivity index (χ2v) is 6.32. The topological polar surface area (TPSA) is 62.6 Å². The van der Waals surface area contributed by atoms with Crippen molar-refractivity contribution >= 4 is 11.8 Å². The third-order valence-corrected chi connectivity index (χ3v) is 4.66. The number of nitrogens with zero attached hydrogens (tertiary/aromatic N) is 1. The summed E-state index contributed by atoms with van der Waals surface area (Å²) < 4.78 is 5.05. The maximum atomic E-state index is 12.7. The highest BCUT2D eigenvalue weighted by Gasteiger charge is 2.29. The zero-order valence-corrected chi connectivity index (χ0v) is 14.5. The third kappa shape index (κ3) is 3.92. The van der Waals surface area contributed by atoms with Crippen LogP contribution in [0.5, 0.6) is 0 Å². The molecule has 5 heteroatoms. The zero-order valence-electron chi connectivity index (χ0n) is 14.5. The van der Waals surface area contributed by atoms with Gasteiger partial charge in [0.15, 0.2) is 5.76 Å². The highest BCUT2D eigenvalue weighted by atomic mass is 16.3. The Morgan fingerprint density at radius 2 is 2.08 bits per heavy atom. The van der Waals surface area contributed by atoms with Crippen LogP contribution >= 0.6 is 0 Å². The van der Waals surface area contributed by atoms with E-state index in [1.165, 1.54) is 17.4 Å². The van der Waals surface area contributed by atoms with Crippen LogP contribution in [0.2, 0.25) is 0 Å². The quantitative estimate of drug-likeness (QED) is 0.877. The van der Waals surface area contributed by atoms with E-state index in [0.717, 1.165) is 25.8 Å². The van der Waals surface area contributed by atoms with E-state index in [1.807, 2.05) is 11.0 Å². The molecular weight excluding hydrogens is 316 g/mol. The standard InChI is InChI=1S/C20H24N2O3/c1-2-6-17-16-8-4-3-7-15(16)11-13-22(17)19(23)10-12-21-20(24)18-9-5-14-25-18/h3-5,7-9,14,17H,2,6,10-13H2,1H3,(H,21,24)/t17-/m1/s1. The van der Waals surface area contributed by atoms with E-state index in [9.17, 15) is 9.59 Å². The molecule has 1 aliphatic heterocycles. The van der Waals surface area contributed by atoms with Crippen molar-refractivity contribution in [2.45, 2.75) is 38.6 Å². The molecule has 25 heavy (non-hydrogen) atoms. The predicted octanol–water partition coefficient (Wildman–Crippen LogP) is 3.33. The first-order valence-electron chi connectivity index (χ1n) is 8.89. The Hall–Kier alpha value is -2.56. The molecule has 5 nitrogen and oxygen atoms in total. The highest BCUT2D eigenvalue weighted by Crippen LogP contribution is 2.33. The number of hydrogen-bond donors (Lipinski definition) is 1. The van der Waals surface area contributed by atoms with Crippen molar-refractivity contribution in [3.63, 3.8) is 0 Å². The van der Waals surface area contributed by atoms with Crippen LogP contribution in [-0.2, 0) is 11.2 Å². The van der Waals surface area contributed by atoms with Gasteiger partial charge in [0.25, 0.3) is 5.91 Å². The summed E-state index contributed by atoms with van der Waals surface area (Å²) in [6.07, 6.45) is 4.63. The Kier molecular flexibility index (Phi) is 5.53. The smallest absolute Gasteiger partial charge is 0.286 e. The fourth-order valence-electron chi connectivity index (χ4n) is 3.46. The van der Waals surface area contributed by atoms with Crippen LogP contribution in [-0.4, -0.2) is 29.8 Å². The summed E-state index contributed by atoms with van der Waals surface area (Å²) in [5.41, 5.74) is 2.61. The molecule has 1 atom stereocenters. The van der Waals surface area contributed by atoms with Crippen molar-refractivity contribution in [2.24, 2.45) is 0 Å². The molecule has 1 aromatic heterocycles.